The Kier molecular flexibility index (Phi) is 8.18. The summed E-state index contributed by atoms with van der Waals surface area (Å²) in [6, 6.07) is 12.4. The Morgan fingerprint density at radius 2 is 1.41 bits per heavy atom. The third-order valence-corrected chi connectivity index (χ3v) is 9.31. The van der Waals surface area contributed by atoms with Gasteiger partial charge in [0.1, 0.15) is 6.61 Å². The predicted octanol–water partition coefficient (Wildman–Crippen LogP) is 8.28. The van der Waals surface area contributed by atoms with Crippen molar-refractivity contribution in [3.05, 3.63) is 79.2 Å². The van der Waals surface area contributed by atoms with Crippen LogP contribution in [-0.4, -0.2) is 29.6 Å². The lowest BCUT2D eigenvalue weighted by Crippen LogP contribution is -2.44. The lowest BCUT2D eigenvalue weighted by molar-refractivity contribution is -0.119. The fourth-order valence-electron chi connectivity index (χ4n) is 6.76. The second kappa shape index (κ2) is 11.2. The lowest BCUT2D eigenvalue weighted by Gasteiger charge is -2.49. The maximum absolute atomic E-state index is 14.0. The zero-order valence-electron chi connectivity index (χ0n) is 25.4. The van der Waals surface area contributed by atoms with Crippen LogP contribution in [-0.2, 0) is 16.2 Å². The molecule has 5 rings (SSSR count). The van der Waals surface area contributed by atoms with Crippen molar-refractivity contribution in [2.45, 2.75) is 86.7 Å². The van der Waals surface area contributed by atoms with Gasteiger partial charge in [-0.25, -0.2) is 0 Å². The molecule has 218 valence electrons. The number of rotatable bonds is 7. The minimum absolute atomic E-state index is 0.126. The molecule has 0 radical (unpaired) electrons. The first-order valence-corrected chi connectivity index (χ1v) is 15.9. The van der Waals surface area contributed by atoms with E-state index in [0.29, 0.717) is 37.6 Å². The highest BCUT2D eigenvalue weighted by molar-refractivity contribution is 14.1. The number of carbonyl (C=O) groups is 2. The van der Waals surface area contributed by atoms with Gasteiger partial charge in [0.05, 0.1) is 10.2 Å². The first-order valence-electron chi connectivity index (χ1n) is 14.8. The van der Waals surface area contributed by atoms with Crippen LogP contribution in [0.3, 0.4) is 0 Å². The van der Waals surface area contributed by atoms with E-state index in [9.17, 15) is 9.59 Å². The first kappa shape index (κ1) is 29.9. The molecule has 2 aliphatic carbocycles. The van der Waals surface area contributed by atoms with E-state index in [2.05, 4.69) is 99.4 Å². The molecule has 0 bridgehead atoms. The largest absolute Gasteiger partial charge is 0.490 e. The number of aryl methyl sites for hydroxylation is 1. The highest BCUT2D eigenvalue weighted by atomic mass is 127. The molecule has 2 aromatic rings. The molecule has 3 aliphatic rings. The summed E-state index contributed by atoms with van der Waals surface area (Å²) >= 11 is 2.31. The Morgan fingerprint density at radius 1 is 0.854 bits per heavy atom. The average molecular weight is 668 g/mol. The van der Waals surface area contributed by atoms with Crippen LogP contribution in [0.15, 0.2) is 58.9 Å². The minimum atomic E-state index is -0.395. The molecule has 6 heteroatoms. The van der Waals surface area contributed by atoms with E-state index in [1.54, 1.807) is 0 Å². The highest BCUT2D eigenvalue weighted by Crippen LogP contribution is 2.55. The van der Waals surface area contributed by atoms with Crippen LogP contribution in [0.5, 0.6) is 11.5 Å². The van der Waals surface area contributed by atoms with Gasteiger partial charge < -0.3 is 14.4 Å². The minimum Gasteiger partial charge on any atom is -0.490 e. The summed E-state index contributed by atoms with van der Waals surface area (Å²) in [5.74, 6) is 1.25. The van der Waals surface area contributed by atoms with Gasteiger partial charge in [0.25, 0.3) is 0 Å². The lowest BCUT2D eigenvalue weighted by atomic mass is 9.63. The molecule has 0 saturated heterocycles. The molecule has 0 amide bonds. The Hall–Kier alpha value is -2.61. The fourth-order valence-corrected chi connectivity index (χ4v) is 7.54. The van der Waals surface area contributed by atoms with E-state index < -0.39 is 5.92 Å². The molecular weight excluding hydrogens is 625 g/mol. The van der Waals surface area contributed by atoms with Crippen molar-refractivity contribution in [1.29, 1.82) is 0 Å². The molecule has 0 fully saturated rings. The van der Waals surface area contributed by atoms with Gasteiger partial charge >= 0.3 is 0 Å². The SMILES string of the molecule is CCOc1cc(C2C3=C(CC(C)(C)CC3=O)N(CC)C3=C2C(=O)CC(C)(C)C3)cc(I)c1OCc1ccc(C)cc1. The average Bonchev–Trinajstić information content (AvgIpc) is 2.87. The zero-order valence-corrected chi connectivity index (χ0v) is 27.6. The van der Waals surface area contributed by atoms with E-state index in [-0.39, 0.29) is 22.4 Å². The molecule has 0 aromatic heterocycles. The number of ether oxygens (including phenoxy) is 2. The number of benzene rings is 2. The second-order valence-corrected chi connectivity index (χ2v) is 14.5. The maximum atomic E-state index is 14.0. The van der Waals surface area contributed by atoms with Crippen molar-refractivity contribution in [2.75, 3.05) is 13.2 Å². The van der Waals surface area contributed by atoms with Crippen LogP contribution in [0.2, 0.25) is 0 Å². The van der Waals surface area contributed by atoms with Gasteiger partial charge in [-0.2, -0.15) is 0 Å². The number of hydrogen-bond donors (Lipinski definition) is 0. The number of Topliss-reactive ketones (excluding diaryl/α,β-unsaturated/α-hetero) is 2. The number of nitrogens with zero attached hydrogens (tertiary/aromatic N) is 1. The number of halogens is 1. The molecule has 5 nitrogen and oxygen atoms in total. The molecule has 1 aliphatic heterocycles. The summed E-state index contributed by atoms with van der Waals surface area (Å²) in [7, 11) is 0. The van der Waals surface area contributed by atoms with Gasteiger partial charge in [-0.05, 0) is 90.3 Å². The zero-order chi connectivity index (χ0) is 29.7. The third kappa shape index (κ3) is 5.86. The van der Waals surface area contributed by atoms with E-state index in [1.165, 1.54) is 5.56 Å². The van der Waals surface area contributed by atoms with Crippen molar-refractivity contribution in [2.24, 2.45) is 10.8 Å². The van der Waals surface area contributed by atoms with E-state index >= 15 is 0 Å². The molecule has 0 N–H and O–H groups in total. The normalized spacial score (nSPS) is 20.2. The van der Waals surface area contributed by atoms with E-state index in [1.807, 2.05) is 13.0 Å². The monoisotopic (exact) mass is 667 g/mol. The molecular formula is C35H42INO4. The Balaban J connectivity index is 1.65. The topological polar surface area (TPSA) is 55.8 Å². The van der Waals surface area contributed by atoms with Crippen LogP contribution in [0.25, 0.3) is 0 Å². The summed E-state index contributed by atoms with van der Waals surface area (Å²) in [5.41, 5.74) is 6.75. The molecule has 0 unspecified atom stereocenters. The van der Waals surface area contributed by atoms with Gasteiger partial charge in [-0.15, -0.1) is 0 Å². The maximum Gasteiger partial charge on any atom is 0.174 e. The molecule has 2 aromatic carbocycles. The number of ketones is 2. The number of hydrogen-bond acceptors (Lipinski definition) is 5. The van der Waals surface area contributed by atoms with Gasteiger partial charge in [0, 0.05) is 47.8 Å². The molecule has 0 atom stereocenters. The van der Waals surface area contributed by atoms with Crippen molar-refractivity contribution < 1.29 is 19.1 Å². The second-order valence-electron chi connectivity index (χ2n) is 13.3. The van der Waals surface area contributed by atoms with Crippen molar-refractivity contribution >= 4 is 34.2 Å². The van der Waals surface area contributed by atoms with Gasteiger partial charge in [0.15, 0.2) is 23.1 Å². The Labute approximate surface area is 258 Å². The standard InChI is InChI=1S/C35H42INO4/c1-8-37-25-16-34(4,5)18-27(38)31(25)30(32-26(37)17-35(6,7)19-28(32)39)23-14-24(36)33(29(15-23)40-9-2)41-20-22-12-10-21(3)11-13-22/h10-15,30H,8-9,16-20H2,1-7H3. The molecule has 41 heavy (non-hydrogen) atoms. The smallest absolute Gasteiger partial charge is 0.174 e. The number of carbonyl (C=O) groups excluding carboxylic acids is 2. The van der Waals surface area contributed by atoms with Crippen molar-refractivity contribution in [3.8, 4) is 11.5 Å². The van der Waals surface area contributed by atoms with Gasteiger partial charge in [-0.1, -0.05) is 57.5 Å². The first-order chi connectivity index (χ1) is 19.3. The van der Waals surface area contributed by atoms with Crippen LogP contribution < -0.4 is 9.47 Å². The Morgan fingerprint density at radius 3 is 1.93 bits per heavy atom. The van der Waals surface area contributed by atoms with Crippen molar-refractivity contribution in [1.82, 2.24) is 4.90 Å². The van der Waals surface area contributed by atoms with Gasteiger partial charge in [-0.3, -0.25) is 9.59 Å². The van der Waals surface area contributed by atoms with Crippen LogP contribution >= 0.6 is 22.6 Å². The quantitative estimate of drug-likeness (QED) is 0.278. The molecule has 1 heterocycles. The fraction of sp³-hybridized carbons (Fsp3) is 0.486. The van der Waals surface area contributed by atoms with E-state index in [4.69, 9.17) is 9.47 Å². The molecule has 0 spiro atoms. The summed E-state index contributed by atoms with van der Waals surface area (Å²) in [6.07, 6.45) is 2.60. The van der Waals surface area contributed by atoms with Crippen LogP contribution in [0.1, 0.15) is 89.8 Å². The third-order valence-electron chi connectivity index (χ3n) is 8.51. The van der Waals surface area contributed by atoms with Crippen molar-refractivity contribution in [3.63, 3.8) is 0 Å². The summed E-state index contributed by atoms with van der Waals surface area (Å²) in [5, 5.41) is 0. The predicted molar refractivity (Wildman–Crippen MR) is 171 cm³/mol. The Bertz CT molecular complexity index is 1390. The van der Waals surface area contributed by atoms with E-state index in [0.717, 1.165) is 56.6 Å². The molecule has 0 saturated carbocycles. The van der Waals surface area contributed by atoms with Crippen LogP contribution in [0.4, 0.5) is 0 Å². The van der Waals surface area contributed by atoms with Gasteiger partial charge in [0.2, 0.25) is 0 Å². The summed E-state index contributed by atoms with van der Waals surface area (Å²) < 4.78 is 13.4. The summed E-state index contributed by atoms with van der Waals surface area (Å²) in [4.78, 5) is 30.2. The highest BCUT2D eigenvalue weighted by Gasteiger charge is 2.48. The summed E-state index contributed by atoms with van der Waals surface area (Å²) in [6.45, 7) is 16.5. The number of allylic oxidation sites excluding steroid dienone is 4. The van der Waals surface area contributed by atoms with Crippen LogP contribution in [0, 0.1) is 21.3 Å².